The number of carbonyl (C=O) groups excluding carboxylic acids is 2. The summed E-state index contributed by atoms with van der Waals surface area (Å²) in [5.74, 6) is 0.692. The fourth-order valence-corrected chi connectivity index (χ4v) is 12.1. The van der Waals surface area contributed by atoms with Crippen molar-refractivity contribution in [2.75, 3.05) is 19.7 Å². The van der Waals surface area contributed by atoms with Crippen LogP contribution in [0.25, 0.3) is 0 Å². The Morgan fingerprint density at radius 1 is 1.07 bits per heavy atom. The lowest BCUT2D eigenvalue weighted by Crippen LogP contribution is -2.67. The van der Waals surface area contributed by atoms with E-state index in [9.17, 15) is 14.7 Å². The van der Waals surface area contributed by atoms with Gasteiger partial charge in [0.1, 0.15) is 5.60 Å². The van der Waals surface area contributed by atoms with Crippen LogP contribution in [0.4, 0.5) is 4.79 Å². The number of hydrogen-bond donors (Lipinski definition) is 1. The molecule has 6 aliphatic carbocycles. The molecule has 3 heterocycles. The molecule has 2 aliphatic heterocycles. The second kappa shape index (κ2) is 8.57. The number of allylic oxidation sites excluding steroid dienone is 4. The molecule has 1 amide bonds. The van der Waals surface area contributed by atoms with Gasteiger partial charge in [-0.3, -0.25) is 4.79 Å². The number of amides is 1. The zero-order valence-electron chi connectivity index (χ0n) is 24.6. The van der Waals surface area contributed by atoms with Crippen molar-refractivity contribution >= 4 is 23.2 Å². The molecule has 3 spiro atoms. The molecule has 1 aromatic rings. The average Bonchev–Trinajstić information content (AvgIpc) is 3.73. The lowest BCUT2D eigenvalue weighted by molar-refractivity contribution is -0.164. The standard InChI is InChI=1S/C34H43NO5S/c1-21-6-7-25(41-21)28(37)24-18-32-14-15-34(24)26(30(32,2)11-8-22(36)17-32)9-12-31(3)27(34)10-13-33(31)20-35(29(38)40-33)19-23-5-4-16-39-23/h6-7,14-15,18,22-23,26-27,36H,4-5,8-13,16-17,19-20H2,1-3H3. The molecule has 220 valence electrons. The molecule has 6 nitrogen and oxygen atoms in total. The number of carbonyl (C=O) groups is 2. The van der Waals surface area contributed by atoms with Gasteiger partial charge in [-0.15, -0.1) is 11.3 Å². The van der Waals surface area contributed by atoms with Crippen LogP contribution in [-0.4, -0.2) is 59.4 Å². The lowest BCUT2D eigenvalue weighted by Gasteiger charge is -2.71. The van der Waals surface area contributed by atoms with Gasteiger partial charge in [-0.2, -0.15) is 0 Å². The zero-order chi connectivity index (χ0) is 28.4. The molecular weight excluding hydrogens is 534 g/mol. The Bertz CT molecular complexity index is 1380. The van der Waals surface area contributed by atoms with Gasteiger partial charge in [0.25, 0.3) is 0 Å². The number of aryl methyl sites for hydroxylation is 1. The second-order valence-electron chi connectivity index (χ2n) is 14.9. The summed E-state index contributed by atoms with van der Waals surface area (Å²) >= 11 is 1.59. The van der Waals surface area contributed by atoms with Crippen molar-refractivity contribution < 1.29 is 24.2 Å². The van der Waals surface area contributed by atoms with Crippen molar-refractivity contribution in [2.45, 2.75) is 96.4 Å². The van der Waals surface area contributed by atoms with E-state index in [1.54, 1.807) is 11.3 Å². The van der Waals surface area contributed by atoms with E-state index < -0.39 is 11.0 Å². The molecule has 9 rings (SSSR count). The van der Waals surface area contributed by atoms with Crippen LogP contribution in [0.1, 0.15) is 86.2 Å². The number of Topliss-reactive ketones (excluding diaryl/α,β-unsaturated/α-hetero) is 1. The molecule has 2 bridgehead atoms. The minimum Gasteiger partial charge on any atom is -0.440 e. The van der Waals surface area contributed by atoms with Crippen molar-refractivity contribution in [2.24, 2.45) is 33.5 Å². The number of rotatable bonds is 4. The number of hydrogen-bond acceptors (Lipinski definition) is 6. The SMILES string of the molecule is Cc1ccc(C(=O)C2=CC34C=CC25C(CCC2(C)C5CCC25CN(CC2CCCO2)C(=O)O5)C3(C)CCC(O)C4)s1. The summed E-state index contributed by atoms with van der Waals surface area (Å²) < 4.78 is 12.4. The van der Waals surface area contributed by atoms with E-state index in [2.05, 4.69) is 39.0 Å². The monoisotopic (exact) mass is 577 g/mol. The van der Waals surface area contributed by atoms with Crippen molar-refractivity contribution in [1.29, 1.82) is 0 Å². The molecule has 5 fully saturated rings. The largest absolute Gasteiger partial charge is 0.440 e. The van der Waals surface area contributed by atoms with Crippen LogP contribution < -0.4 is 0 Å². The van der Waals surface area contributed by atoms with Crippen LogP contribution in [0.15, 0.2) is 35.9 Å². The number of thiophene rings is 1. The first kappa shape index (κ1) is 26.7. The summed E-state index contributed by atoms with van der Waals surface area (Å²) in [6, 6.07) is 4.04. The highest BCUT2D eigenvalue weighted by molar-refractivity contribution is 7.14. The van der Waals surface area contributed by atoms with E-state index in [1.165, 1.54) is 0 Å². The molecule has 1 aromatic heterocycles. The molecular formula is C34H43NO5S. The van der Waals surface area contributed by atoms with Gasteiger partial charge in [0.15, 0.2) is 5.78 Å². The van der Waals surface area contributed by atoms with Gasteiger partial charge < -0.3 is 19.5 Å². The van der Waals surface area contributed by atoms with E-state index in [-0.39, 0.29) is 46.2 Å². The zero-order valence-corrected chi connectivity index (χ0v) is 25.4. The summed E-state index contributed by atoms with van der Waals surface area (Å²) in [6.45, 7) is 8.88. The third-order valence-electron chi connectivity index (χ3n) is 13.3. The molecule has 0 aromatic carbocycles. The van der Waals surface area contributed by atoms with E-state index in [4.69, 9.17) is 9.47 Å². The van der Waals surface area contributed by atoms with Gasteiger partial charge in [0.2, 0.25) is 0 Å². The minimum atomic E-state index is -0.537. The number of ether oxygens (including phenoxy) is 2. The van der Waals surface area contributed by atoms with Gasteiger partial charge in [0, 0.05) is 33.3 Å². The molecule has 2 saturated heterocycles. The number of aliphatic hydroxyl groups is 1. The Kier molecular flexibility index (Phi) is 5.57. The third-order valence-corrected chi connectivity index (χ3v) is 14.3. The summed E-state index contributed by atoms with van der Waals surface area (Å²) in [6.07, 6.45) is 15.0. The van der Waals surface area contributed by atoms with Crippen molar-refractivity contribution in [3.63, 3.8) is 0 Å². The maximum absolute atomic E-state index is 14.6. The predicted octanol–water partition coefficient (Wildman–Crippen LogP) is 6.47. The van der Waals surface area contributed by atoms with Crippen molar-refractivity contribution in [1.82, 2.24) is 4.90 Å². The van der Waals surface area contributed by atoms with E-state index >= 15 is 0 Å². The number of ketones is 1. The van der Waals surface area contributed by atoms with Crippen LogP contribution in [0.5, 0.6) is 0 Å². The van der Waals surface area contributed by atoms with Gasteiger partial charge in [-0.05, 0) is 94.1 Å². The Morgan fingerprint density at radius 3 is 2.61 bits per heavy atom. The van der Waals surface area contributed by atoms with Crippen LogP contribution in [0.3, 0.4) is 0 Å². The smallest absolute Gasteiger partial charge is 0.410 e. The number of fused-ring (bicyclic) bond motifs is 2. The maximum Gasteiger partial charge on any atom is 0.410 e. The number of nitrogens with zero attached hydrogens (tertiary/aromatic N) is 1. The van der Waals surface area contributed by atoms with E-state index in [1.807, 2.05) is 17.0 Å². The predicted molar refractivity (Wildman–Crippen MR) is 157 cm³/mol. The molecule has 7 heteroatoms. The summed E-state index contributed by atoms with van der Waals surface area (Å²) in [5, 5.41) is 10.9. The Morgan fingerprint density at radius 2 is 1.85 bits per heavy atom. The normalized spacial score (nSPS) is 47.8. The molecule has 41 heavy (non-hydrogen) atoms. The summed E-state index contributed by atoms with van der Waals surface area (Å²) in [7, 11) is 0. The minimum absolute atomic E-state index is 0.00852. The van der Waals surface area contributed by atoms with Gasteiger partial charge >= 0.3 is 6.09 Å². The molecule has 1 N–H and O–H groups in total. The van der Waals surface area contributed by atoms with Crippen molar-refractivity contribution in [3.8, 4) is 0 Å². The summed E-state index contributed by atoms with van der Waals surface area (Å²) in [5.41, 5.74) is -0.515. The molecule has 9 atom stereocenters. The van der Waals surface area contributed by atoms with Gasteiger partial charge in [0.05, 0.1) is 30.2 Å². The molecule has 9 unspecified atom stereocenters. The van der Waals surface area contributed by atoms with Gasteiger partial charge in [-0.1, -0.05) is 32.1 Å². The fraction of sp³-hybridized carbons (Fsp3) is 0.706. The second-order valence-corrected chi connectivity index (χ2v) is 16.2. The van der Waals surface area contributed by atoms with Crippen LogP contribution in [0, 0.1) is 40.4 Å². The highest BCUT2D eigenvalue weighted by Gasteiger charge is 2.76. The highest BCUT2D eigenvalue weighted by atomic mass is 32.1. The average molecular weight is 578 g/mol. The van der Waals surface area contributed by atoms with E-state index in [0.29, 0.717) is 25.4 Å². The van der Waals surface area contributed by atoms with Gasteiger partial charge in [-0.25, -0.2) is 4.79 Å². The van der Waals surface area contributed by atoms with Crippen LogP contribution in [0.2, 0.25) is 0 Å². The van der Waals surface area contributed by atoms with Crippen LogP contribution >= 0.6 is 11.3 Å². The first-order valence-corrected chi connectivity index (χ1v) is 16.7. The molecule has 3 saturated carbocycles. The summed E-state index contributed by atoms with van der Waals surface area (Å²) in [4.78, 5) is 31.8. The fourth-order valence-electron chi connectivity index (χ4n) is 11.2. The Hall–Kier alpha value is -1.96. The molecule has 0 radical (unpaired) electrons. The molecule has 8 aliphatic rings. The first-order chi connectivity index (χ1) is 19.6. The lowest BCUT2D eigenvalue weighted by atomic mass is 9.32. The first-order valence-electron chi connectivity index (χ1n) is 15.9. The quantitative estimate of drug-likeness (QED) is 0.328. The Balaban J connectivity index is 1.23. The number of aliphatic hydroxyl groups excluding tert-OH is 1. The topological polar surface area (TPSA) is 76.1 Å². The van der Waals surface area contributed by atoms with Crippen molar-refractivity contribution in [3.05, 3.63) is 45.7 Å². The van der Waals surface area contributed by atoms with E-state index in [0.717, 1.165) is 73.3 Å². The van der Waals surface area contributed by atoms with Crippen LogP contribution in [-0.2, 0) is 9.47 Å². The highest BCUT2D eigenvalue weighted by Crippen LogP contribution is 2.79. The third kappa shape index (κ3) is 3.26. The maximum atomic E-state index is 14.6. The Labute approximate surface area is 247 Å².